The fraction of sp³-hybridized carbons (Fsp3) is 0.182. The predicted molar refractivity (Wildman–Crippen MR) is 114 cm³/mol. The van der Waals surface area contributed by atoms with Crippen molar-refractivity contribution in [1.29, 1.82) is 0 Å². The lowest BCUT2D eigenvalue weighted by atomic mass is 10.2. The van der Waals surface area contributed by atoms with Gasteiger partial charge in [0.2, 0.25) is 5.91 Å². The number of carbonyl (C=O) groups is 1. The zero-order valence-corrected chi connectivity index (χ0v) is 17.3. The van der Waals surface area contributed by atoms with E-state index in [0.717, 1.165) is 0 Å². The molecule has 0 unspecified atom stereocenters. The van der Waals surface area contributed by atoms with Crippen LogP contribution in [0.1, 0.15) is 11.3 Å². The van der Waals surface area contributed by atoms with Crippen LogP contribution in [0.4, 0.5) is 4.39 Å². The molecule has 30 heavy (non-hydrogen) atoms. The molecule has 1 N–H and O–H groups in total. The first kappa shape index (κ1) is 21.4. The third-order valence-electron chi connectivity index (χ3n) is 4.25. The maximum absolute atomic E-state index is 13.1. The molecule has 0 spiro atoms. The summed E-state index contributed by atoms with van der Waals surface area (Å²) in [5.41, 5.74) is 1.89. The van der Waals surface area contributed by atoms with Crippen molar-refractivity contribution in [2.75, 3.05) is 20.3 Å². The van der Waals surface area contributed by atoms with E-state index in [1.54, 1.807) is 44.4 Å². The van der Waals surface area contributed by atoms with E-state index in [-0.39, 0.29) is 11.7 Å². The summed E-state index contributed by atoms with van der Waals surface area (Å²) in [6, 6.07) is 13.1. The Hall–Kier alpha value is -3.32. The van der Waals surface area contributed by atoms with Gasteiger partial charge in [-0.05, 0) is 49.4 Å². The number of amides is 1. The van der Waals surface area contributed by atoms with Gasteiger partial charge in [0.25, 0.3) is 0 Å². The quantitative estimate of drug-likeness (QED) is 0.430. The largest absolute Gasteiger partial charge is 0.493 e. The van der Waals surface area contributed by atoms with Crippen molar-refractivity contribution >= 4 is 23.6 Å². The highest BCUT2D eigenvalue weighted by Gasteiger charge is 2.13. The fourth-order valence-electron chi connectivity index (χ4n) is 2.75. The van der Waals surface area contributed by atoms with Crippen molar-refractivity contribution in [2.24, 2.45) is 0 Å². The molecule has 0 radical (unpaired) electrons. The molecule has 0 aliphatic rings. The number of carbonyl (C=O) groups excluding carboxylic acids is 1. The van der Waals surface area contributed by atoms with Crippen LogP contribution in [0, 0.1) is 12.7 Å². The van der Waals surface area contributed by atoms with E-state index in [2.05, 4.69) is 10.4 Å². The van der Waals surface area contributed by atoms with Crippen LogP contribution in [-0.2, 0) is 4.79 Å². The number of nitrogens with zero attached hydrogens (tertiary/aromatic N) is 2. The number of ether oxygens (including phenoxy) is 2. The van der Waals surface area contributed by atoms with E-state index < -0.39 is 0 Å². The summed E-state index contributed by atoms with van der Waals surface area (Å²) in [6.07, 6.45) is 2.98. The molecule has 1 heterocycles. The van der Waals surface area contributed by atoms with E-state index in [0.29, 0.717) is 46.7 Å². The van der Waals surface area contributed by atoms with Crippen LogP contribution in [0.25, 0.3) is 11.8 Å². The average molecular weight is 430 g/mol. The van der Waals surface area contributed by atoms with Crippen molar-refractivity contribution in [2.45, 2.75) is 6.92 Å². The molecule has 1 amide bonds. The van der Waals surface area contributed by atoms with Crippen LogP contribution < -0.4 is 14.8 Å². The van der Waals surface area contributed by atoms with E-state index in [1.807, 2.05) is 12.1 Å². The normalized spacial score (nSPS) is 10.9. The summed E-state index contributed by atoms with van der Waals surface area (Å²) in [4.78, 5) is 12.1. The number of aromatic nitrogens is 2. The molecule has 8 heteroatoms. The van der Waals surface area contributed by atoms with Crippen LogP contribution in [0.3, 0.4) is 0 Å². The second-order valence-electron chi connectivity index (χ2n) is 6.30. The first-order valence-electron chi connectivity index (χ1n) is 9.22. The van der Waals surface area contributed by atoms with Crippen molar-refractivity contribution < 1.29 is 18.7 Å². The summed E-state index contributed by atoms with van der Waals surface area (Å²) >= 11 is 6.40. The highest BCUT2D eigenvalue weighted by molar-refractivity contribution is 6.31. The first-order chi connectivity index (χ1) is 14.5. The van der Waals surface area contributed by atoms with Crippen LogP contribution in [0.2, 0.25) is 5.15 Å². The Kier molecular flexibility index (Phi) is 7.08. The lowest BCUT2D eigenvalue weighted by molar-refractivity contribution is -0.116. The molecule has 0 aliphatic heterocycles. The van der Waals surface area contributed by atoms with Gasteiger partial charge in [-0.3, -0.25) is 4.79 Å². The van der Waals surface area contributed by atoms with Gasteiger partial charge in [0.05, 0.1) is 25.0 Å². The summed E-state index contributed by atoms with van der Waals surface area (Å²) in [5, 5.41) is 7.44. The lowest BCUT2D eigenvalue weighted by Crippen LogP contribution is -2.26. The summed E-state index contributed by atoms with van der Waals surface area (Å²) < 4.78 is 25.4. The van der Waals surface area contributed by atoms with Crippen LogP contribution in [0.15, 0.2) is 54.6 Å². The molecular formula is C22H21ClFN3O3. The van der Waals surface area contributed by atoms with E-state index in [9.17, 15) is 9.18 Å². The standard InChI is InChI=1S/C22H21ClFN3O3/c1-15-18(22(23)27(26-15)17-9-7-16(24)8-10-17)11-12-21(28)25-13-14-30-20-6-4-3-5-19(20)29-2/h3-12H,13-14H2,1-2H3,(H,25,28)/b12-11+. The topological polar surface area (TPSA) is 65.4 Å². The Morgan fingerprint density at radius 1 is 1.20 bits per heavy atom. The van der Waals surface area contributed by atoms with E-state index in [4.69, 9.17) is 21.1 Å². The molecular weight excluding hydrogens is 409 g/mol. The molecule has 3 rings (SSSR count). The molecule has 3 aromatic rings. The third kappa shape index (κ3) is 5.18. The molecule has 0 fully saturated rings. The zero-order valence-electron chi connectivity index (χ0n) is 16.6. The monoisotopic (exact) mass is 429 g/mol. The minimum atomic E-state index is -0.342. The van der Waals surface area contributed by atoms with Crippen LogP contribution in [-0.4, -0.2) is 35.9 Å². The van der Waals surface area contributed by atoms with Gasteiger partial charge >= 0.3 is 0 Å². The minimum Gasteiger partial charge on any atom is -0.493 e. The van der Waals surface area contributed by atoms with Gasteiger partial charge in [-0.2, -0.15) is 5.10 Å². The second-order valence-corrected chi connectivity index (χ2v) is 6.66. The summed E-state index contributed by atoms with van der Waals surface area (Å²) in [7, 11) is 1.57. The highest BCUT2D eigenvalue weighted by atomic mass is 35.5. The Bertz CT molecular complexity index is 1050. The van der Waals surface area contributed by atoms with Crippen molar-refractivity contribution in [1.82, 2.24) is 15.1 Å². The number of nitrogens with one attached hydrogen (secondary N) is 1. The van der Waals surface area contributed by atoms with Crippen LogP contribution >= 0.6 is 11.6 Å². The highest BCUT2D eigenvalue weighted by Crippen LogP contribution is 2.26. The van der Waals surface area contributed by atoms with Gasteiger partial charge in [-0.15, -0.1) is 0 Å². The smallest absolute Gasteiger partial charge is 0.244 e. The van der Waals surface area contributed by atoms with E-state index >= 15 is 0 Å². The molecule has 156 valence electrons. The molecule has 0 saturated carbocycles. The number of methoxy groups -OCH3 is 1. The molecule has 6 nitrogen and oxygen atoms in total. The Balaban J connectivity index is 1.56. The van der Waals surface area contributed by atoms with Gasteiger partial charge < -0.3 is 14.8 Å². The summed E-state index contributed by atoms with van der Waals surface area (Å²) in [5.74, 6) is 0.612. The second kappa shape index (κ2) is 9.93. The Morgan fingerprint density at radius 2 is 1.90 bits per heavy atom. The van der Waals surface area contributed by atoms with Crippen molar-refractivity contribution in [3.8, 4) is 17.2 Å². The van der Waals surface area contributed by atoms with Crippen molar-refractivity contribution in [3.05, 3.63) is 76.8 Å². The fourth-order valence-corrected chi connectivity index (χ4v) is 3.08. The van der Waals surface area contributed by atoms with Gasteiger partial charge in [-0.25, -0.2) is 9.07 Å². The average Bonchev–Trinajstić information content (AvgIpc) is 3.04. The van der Waals surface area contributed by atoms with Gasteiger partial charge in [0.15, 0.2) is 11.5 Å². The summed E-state index contributed by atoms with van der Waals surface area (Å²) in [6.45, 7) is 2.40. The maximum atomic E-state index is 13.1. The minimum absolute atomic E-state index is 0.288. The number of benzene rings is 2. The molecule has 0 saturated heterocycles. The zero-order chi connectivity index (χ0) is 21.5. The number of halogens is 2. The molecule has 2 aromatic carbocycles. The number of rotatable bonds is 8. The Labute approximate surface area is 178 Å². The number of para-hydroxylation sites is 2. The first-order valence-corrected chi connectivity index (χ1v) is 9.60. The van der Waals surface area contributed by atoms with Crippen LogP contribution in [0.5, 0.6) is 11.5 Å². The SMILES string of the molecule is COc1ccccc1OCCNC(=O)/C=C/c1c(C)nn(-c2ccc(F)cc2)c1Cl. The third-order valence-corrected chi connectivity index (χ3v) is 4.61. The number of hydrogen-bond acceptors (Lipinski definition) is 4. The molecule has 0 atom stereocenters. The molecule has 0 aliphatic carbocycles. The van der Waals surface area contributed by atoms with Gasteiger partial charge in [0.1, 0.15) is 17.6 Å². The number of aryl methyl sites for hydroxylation is 1. The van der Waals surface area contributed by atoms with Gasteiger partial charge in [-0.1, -0.05) is 23.7 Å². The molecule has 0 bridgehead atoms. The maximum Gasteiger partial charge on any atom is 0.244 e. The molecule has 1 aromatic heterocycles. The number of hydrogen-bond donors (Lipinski definition) is 1. The van der Waals surface area contributed by atoms with E-state index in [1.165, 1.54) is 22.9 Å². The Morgan fingerprint density at radius 3 is 2.60 bits per heavy atom. The predicted octanol–water partition coefficient (Wildman–Crippen LogP) is 4.19. The van der Waals surface area contributed by atoms with Crippen molar-refractivity contribution in [3.63, 3.8) is 0 Å². The van der Waals surface area contributed by atoms with Gasteiger partial charge in [0, 0.05) is 11.6 Å². The lowest BCUT2D eigenvalue weighted by Gasteiger charge is -2.10.